The molecule has 11 rings (SSSR count). The van der Waals surface area contributed by atoms with Crippen LogP contribution in [0.5, 0.6) is 11.5 Å². The maximum Gasteiger partial charge on any atom is 0.213 e. The third kappa shape index (κ3) is 6.67. The Morgan fingerprint density at radius 3 is 2.02 bits per heavy atom. The second kappa shape index (κ2) is 15.5. The Balaban J connectivity index is 0.00000596. The number of hydrogen-bond acceptors (Lipinski definition) is 4. The Labute approximate surface area is 390 Å². The van der Waals surface area contributed by atoms with E-state index in [0.717, 1.165) is 43.8 Å². The first-order chi connectivity index (χ1) is 33.9. The molecule has 0 saturated heterocycles. The number of ether oxygens (including phenoxy) is 1. The first-order valence-corrected chi connectivity index (χ1v) is 19.9. The fourth-order valence-corrected chi connectivity index (χ4v) is 8.11. The smallest absolute Gasteiger partial charge is 0.213 e. The molecule has 0 atom stereocenters. The number of imidazole rings is 1. The van der Waals surface area contributed by atoms with Crippen LogP contribution in [0.2, 0.25) is 0 Å². The van der Waals surface area contributed by atoms with E-state index in [2.05, 4.69) is 74.2 Å². The molecule has 0 unspecified atom stereocenters. The van der Waals surface area contributed by atoms with E-state index in [1.807, 2.05) is 67.3 Å². The molecule has 2 aromatic heterocycles. The Kier molecular flexibility index (Phi) is 7.37. The molecule has 8 aromatic carbocycles. The third-order valence-corrected chi connectivity index (χ3v) is 11.1. The number of rotatable bonds is 7. The quantitative estimate of drug-likeness (QED) is 0.149. The molecule has 306 valence electrons. The van der Waals surface area contributed by atoms with Gasteiger partial charge in [0.2, 0.25) is 5.95 Å². The van der Waals surface area contributed by atoms with Crippen LogP contribution in [0.1, 0.15) is 40.0 Å². The zero-order valence-electron chi connectivity index (χ0n) is 43.7. The summed E-state index contributed by atoms with van der Waals surface area (Å²) < 4.78 is 97.3. The summed E-state index contributed by atoms with van der Waals surface area (Å²) in [6, 6.07) is 45.9. The first-order valence-electron chi connectivity index (χ1n) is 24.9. The van der Waals surface area contributed by atoms with E-state index in [4.69, 9.17) is 22.1 Å². The number of para-hydroxylation sites is 5. The molecule has 62 heavy (non-hydrogen) atoms. The molecule has 0 aliphatic carbocycles. The minimum Gasteiger partial charge on any atom is -0.509 e. The summed E-state index contributed by atoms with van der Waals surface area (Å²) in [5, 5.41) is 0.428. The van der Waals surface area contributed by atoms with Crippen LogP contribution < -0.4 is 14.5 Å². The summed E-state index contributed by atoms with van der Waals surface area (Å²) in [7, 11) is 0. The molecule has 1 aliphatic rings. The molecule has 6 nitrogen and oxygen atoms in total. The van der Waals surface area contributed by atoms with Gasteiger partial charge in [0, 0.05) is 78.7 Å². The van der Waals surface area contributed by atoms with Gasteiger partial charge in [-0.2, -0.15) is 12.1 Å². The summed E-state index contributed by atoms with van der Waals surface area (Å²) in [6.07, 6.45) is 0. The van der Waals surface area contributed by atoms with Crippen molar-refractivity contribution in [1.82, 2.24) is 14.1 Å². The van der Waals surface area contributed by atoms with Crippen molar-refractivity contribution in [2.75, 3.05) is 9.80 Å². The second-order valence-corrected chi connectivity index (χ2v) is 15.9. The monoisotopic (exact) mass is 993 g/mol. The van der Waals surface area contributed by atoms with Crippen molar-refractivity contribution in [2.24, 2.45) is 6.98 Å². The Morgan fingerprint density at radius 2 is 1.31 bits per heavy atom. The van der Waals surface area contributed by atoms with Crippen LogP contribution in [0.25, 0.3) is 61.0 Å². The van der Waals surface area contributed by atoms with Crippen molar-refractivity contribution in [3.63, 3.8) is 0 Å². The van der Waals surface area contributed by atoms with Crippen LogP contribution in [0.15, 0.2) is 176 Å². The molecular weight excluding hydrogens is 942 g/mol. The number of benzene rings is 8. The zero-order chi connectivity index (χ0) is 49.8. The molecule has 0 amide bonds. The van der Waals surface area contributed by atoms with Gasteiger partial charge in [0.05, 0.1) is 16.5 Å². The van der Waals surface area contributed by atoms with Crippen LogP contribution in [0.3, 0.4) is 0 Å². The number of aromatic nitrogens is 3. The first kappa shape index (κ1) is 29.4. The average Bonchev–Trinajstić information content (AvgIpc) is 4.05. The molecular formula is C55H42N5OPt-3. The van der Waals surface area contributed by atoms with Gasteiger partial charge in [-0.15, -0.1) is 48.0 Å². The van der Waals surface area contributed by atoms with Gasteiger partial charge in [0.15, 0.2) is 0 Å². The van der Waals surface area contributed by atoms with Crippen LogP contribution in [0.4, 0.5) is 22.7 Å². The molecule has 3 heterocycles. The molecule has 0 spiro atoms. The predicted molar refractivity (Wildman–Crippen MR) is 250 cm³/mol. The topological polar surface area (TPSA) is 38.5 Å². The fraction of sp³-hybridized carbons (Fsp3) is 0.0909. The minimum atomic E-state index is -2.77. The Bertz CT molecular complexity index is 3740. The molecule has 0 radical (unpaired) electrons. The molecule has 0 fully saturated rings. The van der Waals surface area contributed by atoms with Gasteiger partial charge < -0.3 is 23.7 Å². The van der Waals surface area contributed by atoms with E-state index < -0.39 is 37.2 Å². The van der Waals surface area contributed by atoms with Gasteiger partial charge in [-0.05, 0) is 72.7 Å². The van der Waals surface area contributed by atoms with Crippen LogP contribution in [0, 0.1) is 18.8 Å². The normalized spacial score (nSPS) is 15.1. The SMILES string of the molecule is [2H]c1c(Oc2[c-]c3c(cc2)c2c([2H])c([2H])c([2H])c([2H])c2n3-c2nc3ccccc3n2C([2H])([2H])[2H])[c-]c(N2[CH-]N(c3c(-c4ccccc4)cc(C(C)(C)C)cc3-c3ccccc3)c3ccccc32)c([2H])c1[2H].[Pt]. The third-order valence-electron chi connectivity index (χ3n) is 11.1. The number of hydrogen-bond donors (Lipinski definition) is 0. The largest absolute Gasteiger partial charge is 0.509 e. The van der Waals surface area contributed by atoms with Gasteiger partial charge in [-0.25, -0.2) is 4.98 Å². The predicted octanol–water partition coefficient (Wildman–Crippen LogP) is 14.1. The standard InChI is InChI=1S/C55H42N5O.Pt/c1-55(2,3)39-32-45(37-18-7-5-8-19-37)53(46(33-39)38-20-9-6-10-21-38)59-36-58(50-28-15-16-29-51(50)59)40-22-17-23-41(34-40)61-42-30-31-44-43-24-11-13-26-48(43)60(52(44)35-42)54-56-47-25-12-14-27-49(47)57(54)4;/h5-33,36H,1-4H3;/q-3;/i4D3,11D,13D,17D,22D,23D,24D,26D;. The van der Waals surface area contributed by atoms with E-state index in [0.29, 0.717) is 16.6 Å². The van der Waals surface area contributed by atoms with Crippen molar-refractivity contribution in [2.45, 2.75) is 26.2 Å². The van der Waals surface area contributed by atoms with E-state index in [1.54, 1.807) is 35.2 Å². The second-order valence-electron chi connectivity index (χ2n) is 15.9. The number of nitrogens with zero attached hydrogens (tertiary/aromatic N) is 5. The molecule has 0 saturated carbocycles. The van der Waals surface area contributed by atoms with E-state index >= 15 is 0 Å². The molecule has 0 bridgehead atoms. The van der Waals surface area contributed by atoms with E-state index in [9.17, 15) is 1.37 Å². The molecule has 10 aromatic rings. The average molecular weight is 994 g/mol. The van der Waals surface area contributed by atoms with Gasteiger partial charge in [0.25, 0.3) is 0 Å². The van der Waals surface area contributed by atoms with Crippen molar-refractivity contribution in [3.05, 3.63) is 200 Å². The van der Waals surface area contributed by atoms with E-state index in [1.165, 1.54) is 10.6 Å². The van der Waals surface area contributed by atoms with Crippen LogP contribution in [-0.2, 0) is 33.5 Å². The summed E-state index contributed by atoms with van der Waals surface area (Å²) in [5.74, 6) is -0.349. The van der Waals surface area contributed by atoms with Crippen LogP contribution >= 0.6 is 0 Å². The van der Waals surface area contributed by atoms with Crippen molar-refractivity contribution in [1.29, 1.82) is 0 Å². The molecule has 1 aliphatic heterocycles. The van der Waals surface area contributed by atoms with Crippen molar-refractivity contribution >= 4 is 55.6 Å². The maximum atomic E-state index is 9.32. The van der Waals surface area contributed by atoms with Crippen LogP contribution in [-0.4, -0.2) is 14.1 Å². The summed E-state index contributed by atoms with van der Waals surface area (Å²) in [4.78, 5) is 8.58. The Morgan fingerprint density at radius 1 is 0.645 bits per heavy atom. The van der Waals surface area contributed by atoms with Gasteiger partial charge in [0.1, 0.15) is 0 Å². The zero-order valence-corrected chi connectivity index (χ0v) is 36.0. The maximum absolute atomic E-state index is 9.32. The van der Waals surface area contributed by atoms with Gasteiger partial charge >= 0.3 is 0 Å². The molecule has 7 heteroatoms. The Hall–Kier alpha value is -6.88. The van der Waals surface area contributed by atoms with Crippen molar-refractivity contribution in [3.8, 4) is 39.7 Å². The molecule has 0 N–H and O–H groups in total. The van der Waals surface area contributed by atoms with Crippen molar-refractivity contribution < 1.29 is 39.5 Å². The summed E-state index contributed by atoms with van der Waals surface area (Å²) in [6.45, 7) is 5.68. The number of anilines is 4. The van der Waals surface area contributed by atoms with E-state index in [-0.39, 0.29) is 83.6 Å². The summed E-state index contributed by atoms with van der Waals surface area (Å²) >= 11 is 0. The number of aryl methyl sites for hydroxylation is 1. The fourth-order valence-electron chi connectivity index (χ4n) is 8.11. The van der Waals surface area contributed by atoms with Gasteiger partial charge in [-0.3, -0.25) is 0 Å². The van der Waals surface area contributed by atoms with Gasteiger partial charge in [-0.1, -0.05) is 129 Å². The minimum absolute atomic E-state index is 0. The number of fused-ring (bicyclic) bond motifs is 5. The summed E-state index contributed by atoms with van der Waals surface area (Å²) in [5.41, 5.74) is 8.16.